The summed E-state index contributed by atoms with van der Waals surface area (Å²) in [5.74, 6) is 4.91. The van der Waals surface area contributed by atoms with E-state index in [9.17, 15) is 4.79 Å². The monoisotopic (exact) mass is 269 g/mol. The third kappa shape index (κ3) is 4.64. The summed E-state index contributed by atoms with van der Waals surface area (Å²) in [6, 6.07) is 8.13. The van der Waals surface area contributed by atoms with Gasteiger partial charge in [0.05, 0.1) is 0 Å². The summed E-state index contributed by atoms with van der Waals surface area (Å²) >= 11 is 5.86. The third-order valence-corrected chi connectivity index (χ3v) is 3.34. The van der Waals surface area contributed by atoms with Crippen LogP contribution < -0.4 is 11.3 Å². The minimum Gasteiger partial charge on any atom is -0.300 e. The van der Waals surface area contributed by atoms with E-state index >= 15 is 0 Å². The molecule has 3 N–H and O–H groups in total. The topological polar surface area (TPSA) is 58.4 Å². The minimum atomic E-state index is -0.123. The van der Waals surface area contributed by atoms with Crippen LogP contribution in [0.15, 0.2) is 24.3 Å². The second kappa shape index (κ2) is 7.36. The number of rotatable bonds is 6. The smallest absolute Gasteiger partial charge is 0.233 e. The van der Waals surface area contributed by atoms with Gasteiger partial charge < -0.3 is 0 Å². The van der Waals surface area contributed by atoms with Gasteiger partial charge in [-0.2, -0.15) is 0 Å². The summed E-state index contributed by atoms with van der Waals surface area (Å²) in [4.78, 5) is 13.2. The zero-order chi connectivity index (χ0) is 13.5. The van der Waals surface area contributed by atoms with Crippen LogP contribution in [0.5, 0.6) is 0 Å². The van der Waals surface area contributed by atoms with Gasteiger partial charge in [0, 0.05) is 17.5 Å². The Hall–Kier alpha value is -1.10. The zero-order valence-electron chi connectivity index (χ0n) is 10.8. The number of carbonyl (C=O) groups excluding carboxylic acids is 1. The number of benzene rings is 1. The normalized spacial score (nSPS) is 12.5. The van der Waals surface area contributed by atoms with E-state index in [-0.39, 0.29) is 5.91 Å². The SMILES string of the molecule is CC(c1ccc(Cl)cc1)N(C)CCCC(=O)NN. The van der Waals surface area contributed by atoms with Gasteiger partial charge in [0.15, 0.2) is 0 Å². The second-order valence-electron chi connectivity index (χ2n) is 4.38. The Morgan fingerprint density at radius 2 is 2.06 bits per heavy atom. The Labute approximate surface area is 113 Å². The molecule has 18 heavy (non-hydrogen) atoms. The summed E-state index contributed by atoms with van der Waals surface area (Å²) in [5.41, 5.74) is 3.35. The van der Waals surface area contributed by atoms with Gasteiger partial charge in [0.1, 0.15) is 0 Å². The molecule has 1 atom stereocenters. The Balaban J connectivity index is 2.43. The number of hydrazine groups is 1. The number of nitrogens with zero attached hydrogens (tertiary/aromatic N) is 1. The molecule has 4 nitrogen and oxygen atoms in total. The van der Waals surface area contributed by atoms with Crippen molar-refractivity contribution in [2.75, 3.05) is 13.6 Å². The zero-order valence-corrected chi connectivity index (χ0v) is 11.6. The van der Waals surface area contributed by atoms with Crippen LogP contribution in [0, 0.1) is 0 Å². The van der Waals surface area contributed by atoms with Crippen LogP contribution in [0.4, 0.5) is 0 Å². The van der Waals surface area contributed by atoms with Gasteiger partial charge in [-0.05, 0) is 44.6 Å². The molecule has 100 valence electrons. The van der Waals surface area contributed by atoms with E-state index in [0.29, 0.717) is 12.5 Å². The van der Waals surface area contributed by atoms with E-state index in [2.05, 4.69) is 17.2 Å². The van der Waals surface area contributed by atoms with Crippen molar-refractivity contribution in [1.82, 2.24) is 10.3 Å². The number of hydrogen-bond donors (Lipinski definition) is 2. The van der Waals surface area contributed by atoms with Gasteiger partial charge in [-0.25, -0.2) is 5.84 Å². The summed E-state index contributed by atoms with van der Waals surface area (Å²) in [6.07, 6.45) is 1.24. The fraction of sp³-hybridized carbons (Fsp3) is 0.462. The first-order valence-corrected chi connectivity index (χ1v) is 6.37. The summed E-state index contributed by atoms with van der Waals surface area (Å²) in [7, 11) is 2.04. The van der Waals surface area contributed by atoms with Crippen molar-refractivity contribution in [2.45, 2.75) is 25.8 Å². The predicted molar refractivity (Wildman–Crippen MR) is 74.1 cm³/mol. The molecular weight excluding hydrogens is 250 g/mol. The standard InChI is InChI=1S/C13H20ClN3O/c1-10(11-5-7-12(14)8-6-11)17(2)9-3-4-13(18)16-15/h5-8,10H,3-4,9,15H2,1-2H3,(H,16,18). The molecule has 0 saturated carbocycles. The molecular formula is C13H20ClN3O. The van der Waals surface area contributed by atoms with Crippen molar-refractivity contribution in [1.29, 1.82) is 0 Å². The number of halogens is 1. The molecule has 5 heteroatoms. The molecule has 1 rings (SSSR count). The van der Waals surface area contributed by atoms with Crippen LogP contribution in [0.3, 0.4) is 0 Å². The summed E-state index contributed by atoms with van der Waals surface area (Å²) in [6.45, 7) is 2.98. The van der Waals surface area contributed by atoms with Crippen LogP contribution in [0.1, 0.15) is 31.4 Å². The average Bonchev–Trinajstić information content (AvgIpc) is 2.38. The van der Waals surface area contributed by atoms with Crippen molar-refractivity contribution in [3.63, 3.8) is 0 Å². The van der Waals surface area contributed by atoms with Crippen LogP contribution in [0.2, 0.25) is 5.02 Å². The fourth-order valence-electron chi connectivity index (χ4n) is 1.75. The van der Waals surface area contributed by atoms with Gasteiger partial charge in [0.2, 0.25) is 5.91 Å². The minimum absolute atomic E-state index is 0.123. The Morgan fingerprint density at radius 3 is 2.61 bits per heavy atom. The van der Waals surface area contributed by atoms with Gasteiger partial charge in [-0.3, -0.25) is 15.1 Å². The van der Waals surface area contributed by atoms with Gasteiger partial charge in [-0.15, -0.1) is 0 Å². The van der Waals surface area contributed by atoms with Crippen LogP contribution in [-0.4, -0.2) is 24.4 Å². The number of hydrogen-bond acceptors (Lipinski definition) is 3. The lowest BCUT2D eigenvalue weighted by molar-refractivity contribution is -0.121. The van der Waals surface area contributed by atoms with E-state index in [0.717, 1.165) is 18.0 Å². The van der Waals surface area contributed by atoms with Crippen molar-refractivity contribution < 1.29 is 4.79 Å². The maximum absolute atomic E-state index is 11.0. The highest BCUT2D eigenvalue weighted by Gasteiger charge is 2.11. The first-order chi connectivity index (χ1) is 8.54. The number of nitrogens with one attached hydrogen (secondary N) is 1. The van der Waals surface area contributed by atoms with Crippen LogP contribution in [0.25, 0.3) is 0 Å². The fourth-order valence-corrected chi connectivity index (χ4v) is 1.88. The van der Waals surface area contributed by atoms with Gasteiger partial charge >= 0.3 is 0 Å². The summed E-state index contributed by atoms with van der Waals surface area (Å²) in [5, 5.41) is 0.744. The first-order valence-electron chi connectivity index (χ1n) is 5.99. The average molecular weight is 270 g/mol. The van der Waals surface area contributed by atoms with Crippen molar-refractivity contribution in [2.24, 2.45) is 5.84 Å². The molecule has 1 aromatic rings. The molecule has 1 amide bonds. The van der Waals surface area contributed by atoms with E-state index in [1.807, 2.05) is 31.3 Å². The van der Waals surface area contributed by atoms with E-state index in [1.165, 1.54) is 5.56 Å². The number of nitrogens with two attached hydrogens (primary N) is 1. The lowest BCUT2D eigenvalue weighted by atomic mass is 10.1. The molecule has 0 bridgehead atoms. The molecule has 1 unspecified atom stereocenters. The molecule has 0 saturated heterocycles. The molecule has 0 aliphatic heterocycles. The molecule has 0 heterocycles. The third-order valence-electron chi connectivity index (χ3n) is 3.09. The molecule has 1 aromatic carbocycles. The highest BCUT2D eigenvalue weighted by atomic mass is 35.5. The van der Waals surface area contributed by atoms with Gasteiger partial charge in [-0.1, -0.05) is 23.7 Å². The number of carbonyl (C=O) groups is 1. The van der Waals surface area contributed by atoms with Crippen molar-refractivity contribution >= 4 is 17.5 Å². The molecule has 0 aromatic heterocycles. The maximum Gasteiger partial charge on any atom is 0.233 e. The Kier molecular flexibility index (Phi) is 6.12. The first kappa shape index (κ1) is 15.0. The molecule has 0 aliphatic carbocycles. The van der Waals surface area contributed by atoms with Crippen LogP contribution in [-0.2, 0) is 4.79 Å². The van der Waals surface area contributed by atoms with E-state index < -0.39 is 0 Å². The molecule has 0 radical (unpaired) electrons. The van der Waals surface area contributed by atoms with Crippen molar-refractivity contribution in [3.05, 3.63) is 34.9 Å². The predicted octanol–water partition coefficient (Wildman–Crippen LogP) is 2.10. The largest absolute Gasteiger partial charge is 0.300 e. The molecule has 0 spiro atoms. The van der Waals surface area contributed by atoms with Gasteiger partial charge in [0.25, 0.3) is 0 Å². The Bertz CT molecular complexity index is 380. The Morgan fingerprint density at radius 1 is 1.44 bits per heavy atom. The molecule has 0 aliphatic rings. The molecule has 0 fully saturated rings. The summed E-state index contributed by atoms with van der Waals surface area (Å²) < 4.78 is 0. The maximum atomic E-state index is 11.0. The second-order valence-corrected chi connectivity index (χ2v) is 4.82. The number of amides is 1. The quantitative estimate of drug-likeness (QED) is 0.472. The highest BCUT2D eigenvalue weighted by molar-refractivity contribution is 6.30. The van der Waals surface area contributed by atoms with Crippen molar-refractivity contribution in [3.8, 4) is 0 Å². The van der Waals surface area contributed by atoms with E-state index in [4.69, 9.17) is 17.4 Å². The highest BCUT2D eigenvalue weighted by Crippen LogP contribution is 2.20. The lowest BCUT2D eigenvalue weighted by Crippen LogP contribution is -2.31. The van der Waals surface area contributed by atoms with Crippen LogP contribution >= 0.6 is 11.6 Å². The van der Waals surface area contributed by atoms with E-state index in [1.54, 1.807) is 0 Å². The lowest BCUT2D eigenvalue weighted by Gasteiger charge is -2.25.